The molecule has 0 atom stereocenters. The number of halogens is 3. The summed E-state index contributed by atoms with van der Waals surface area (Å²) in [5, 5.41) is 2.81. The van der Waals surface area contributed by atoms with Crippen LogP contribution in [0.3, 0.4) is 0 Å². The smallest absolute Gasteiger partial charge is 0.396 e. The van der Waals surface area contributed by atoms with E-state index in [9.17, 15) is 13.2 Å². The molecule has 106 valence electrons. The average Bonchev–Trinajstić information content (AvgIpc) is 2.36. The molecule has 0 amide bonds. The highest BCUT2D eigenvalue weighted by atomic mass is 19.4. The number of nitrogens with two attached hydrogens (primary N) is 1. The summed E-state index contributed by atoms with van der Waals surface area (Å²) in [7, 11) is 0. The Balaban J connectivity index is 2.17. The zero-order valence-electron chi connectivity index (χ0n) is 10.6. The molecule has 0 fully saturated rings. The number of nitrogens with zero attached hydrogens (tertiary/aromatic N) is 3. The van der Waals surface area contributed by atoms with E-state index in [4.69, 9.17) is 5.73 Å². The summed E-state index contributed by atoms with van der Waals surface area (Å²) in [6, 6.07) is 2.55. The minimum Gasteiger partial charge on any atom is -0.396 e. The third-order valence-corrected chi connectivity index (χ3v) is 2.52. The van der Waals surface area contributed by atoms with Gasteiger partial charge < -0.3 is 11.1 Å². The summed E-state index contributed by atoms with van der Waals surface area (Å²) in [5.74, 6) is 0.586. The Morgan fingerprint density at radius 3 is 2.70 bits per heavy atom. The third kappa shape index (κ3) is 3.34. The largest absolute Gasteiger partial charge is 0.433 e. The van der Waals surface area contributed by atoms with Crippen molar-refractivity contribution in [2.75, 3.05) is 11.1 Å². The molecule has 2 rings (SSSR count). The van der Waals surface area contributed by atoms with Gasteiger partial charge in [-0.2, -0.15) is 13.2 Å². The molecule has 0 radical (unpaired) electrons. The molecule has 0 aliphatic carbocycles. The zero-order chi connectivity index (χ0) is 14.8. The van der Waals surface area contributed by atoms with Crippen LogP contribution in [0.4, 0.5) is 24.5 Å². The van der Waals surface area contributed by atoms with Crippen molar-refractivity contribution in [3.05, 3.63) is 41.7 Å². The Labute approximate surface area is 113 Å². The lowest BCUT2D eigenvalue weighted by Crippen LogP contribution is -2.11. The normalized spacial score (nSPS) is 11.4. The highest BCUT2D eigenvalue weighted by Gasteiger charge is 2.32. The van der Waals surface area contributed by atoms with E-state index in [0.717, 1.165) is 12.3 Å². The van der Waals surface area contributed by atoms with Crippen molar-refractivity contribution in [1.29, 1.82) is 0 Å². The van der Waals surface area contributed by atoms with Crippen LogP contribution in [0.1, 0.15) is 17.2 Å². The highest BCUT2D eigenvalue weighted by Crippen LogP contribution is 2.31. The van der Waals surface area contributed by atoms with Gasteiger partial charge in [0.2, 0.25) is 0 Å². The maximum atomic E-state index is 12.6. The average molecular weight is 283 g/mol. The summed E-state index contributed by atoms with van der Waals surface area (Å²) in [6.07, 6.45) is -1.94. The van der Waals surface area contributed by atoms with E-state index in [1.807, 2.05) is 0 Å². The molecule has 0 bridgehead atoms. The van der Waals surface area contributed by atoms with Crippen molar-refractivity contribution in [2.24, 2.45) is 0 Å². The Morgan fingerprint density at radius 2 is 2.05 bits per heavy atom. The van der Waals surface area contributed by atoms with E-state index >= 15 is 0 Å². The molecule has 3 N–H and O–H groups in total. The van der Waals surface area contributed by atoms with Gasteiger partial charge in [0, 0.05) is 6.20 Å². The Morgan fingerprint density at radius 1 is 1.30 bits per heavy atom. The maximum Gasteiger partial charge on any atom is 0.433 e. The minimum absolute atomic E-state index is 0.142. The predicted octanol–water partition coefficient (Wildman–Crippen LogP) is 2.39. The minimum atomic E-state index is -4.50. The quantitative estimate of drug-likeness (QED) is 0.904. The van der Waals surface area contributed by atoms with Gasteiger partial charge in [0.1, 0.15) is 11.5 Å². The van der Waals surface area contributed by atoms with E-state index in [1.165, 1.54) is 0 Å². The van der Waals surface area contributed by atoms with E-state index in [1.54, 1.807) is 19.2 Å². The van der Waals surface area contributed by atoms with Gasteiger partial charge in [-0.25, -0.2) is 15.0 Å². The van der Waals surface area contributed by atoms with Gasteiger partial charge in [0.05, 0.1) is 29.8 Å². The third-order valence-electron chi connectivity index (χ3n) is 2.52. The van der Waals surface area contributed by atoms with Crippen molar-refractivity contribution < 1.29 is 13.2 Å². The number of hydrogen-bond acceptors (Lipinski definition) is 5. The molecule has 20 heavy (non-hydrogen) atoms. The lowest BCUT2D eigenvalue weighted by Gasteiger charge is -2.12. The molecular weight excluding hydrogens is 271 g/mol. The molecule has 5 nitrogen and oxygen atoms in total. The number of alkyl halides is 3. The molecule has 0 saturated heterocycles. The first kappa shape index (κ1) is 14.0. The number of aromatic nitrogens is 3. The topological polar surface area (TPSA) is 76.7 Å². The lowest BCUT2D eigenvalue weighted by atomic mass is 10.2. The second-order valence-corrected chi connectivity index (χ2v) is 4.10. The van der Waals surface area contributed by atoms with Crippen LogP contribution in [0, 0.1) is 6.92 Å². The molecule has 0 unspecified atom stereocenters. The van der Waals surface area contributed by atoms with Crippen molar-refractivity contribution >= 4 is 11.4 Å². The molecule has 2 aromatic rings. The Hall–Kier alpha value is -2.38. The Bertz CT molecular complexity index is 612. The van der Waals surface area contributed by atoms with Crippen molar-refractivity contribution in [3.8, 4) is 0 Å². The van der Waals surface area contributed by atoms with Gasteiger partial charge in [-0.3, -0.25) is 0 Å². The first-order chi connectivity index (χ1) is 9.36. The van der Waals surface area contributed by atoms with E-state index in [0.29, 0.717) is 11.5 Å². The molecule has 8 heteroatoms. The molecule has 0 aliphatic rings. The number of anilines is 2. The molecule has 0 spiro atoms. The first-order valence-corrected chi connectivity index (χ1v) is 5.71. The number of rotatable bonds is 3. The molecule has 0 aromatic carbocycles. The summed E-state index contributed by atoms with van der Waals surface area (Å²) >= 11 is 0. The zero-order valence-corrected chi connectivity index (χ0v) is 10.6. The highest BCUT2D eigenvalue weighted by molar-refractivity contribution is 5.65. The standard InChI is InChI=1S/C12H12F3N5/c1-7-17-3-2-8(20-7)5-18-10-4-11(12(13,14)15)19-6-9(10)16/h2-4,6H,5,16H2,1H3,(H,18,19). The van der Waals surface area contributed by atoms with Crippen LogP contribution in [0.25, 0.3) is 0 Å². The van der Waals surface area contributed by atoms with Crippen LogP contribution in [-0.4, -0.2) is 15.0 Å². The predicted molar refractivity (Wildman–Crippen MR) is 67.7 cm³/mol. The van der Waals surface area contributed by atoms with Crippen LogP contribution < -0.4 is 11.1 Å². The number of nitrogens with one attached hydrogen (secondary N) is 1. The second kappa shape index (κ2) is 5.32. The van der Waals surface area contributed by atoms with Crippen LogP contribution in [0.5, 0.6) is 0 Å². The fourth-order valence-electron chi connectivity index (χ4n) is 1.56. The van der Waals surface area contributed by atoms with Crippen LogP contribution in [0.2, 0.25) is 0 Å². The van der Waals surface area contributed by atoms with Crippen LogP contribution in [0.15, 0.2) is 24.5 Å². The van der Waals surface area contributed by atoms with Crippen molar-refractivity contribution in [1.82, 2.24) is 15.0 Å². The number of hydrogen-bond donors (Lipinski definition) is 2. The van der Waals surface area contributed by atoms with E-state index in [-0.39, 0.29) is 17.9 Å². The fraction of sp³-hybridized carbons (Fsp3) is 0.250. The monoisotopic (exact) mass is 283 g/mol. The van der Waals surface area contributed by atoms with E-state index < -0.39 is 11.9 Å². The maximum absolute atomic E-state index is 12.6. The van der Waals surface area contributed by atoms with Gasteiger partial charge in [0.15, 0.2) is 0 Å². The van der Waals surface area contributed by atoms with Gasteiger partial charge in [0.25, 0.3) is 0 Å². The fourth-order valence-corrected chi connectivity index (χ4v) is 1.56. The number of aryl methyl sites for hydroxylation is 1. The molecule has 0 saturated carbocycles. The number of nitrogen functional groups attached to an aromatic ring is 1. The second-order valence-electron chi connectivity index (χ2n) is 4.10. The molecule has 2 aromatic heterocycles. The van der Waals surface area contributed by atoms with Crippen molar-refractivity contribution in [2.45, 2.75) is 19.6 Å². The lowest BCUT2D eigenvalue weighted by molar-refractivity contribution is -0.141. The van der Waals surface area contributed by atoms with Crippen molar-refractivity contribution in [3.63, 3.8) is 0 Å². The van der Waals surface area contributed by atoms with Gasteiger partial charge in [-0.15, -0.1) is 0 Å². The summed E-state index contributed by atoms with van der Waals surface area (Å²) < 4.78 is 37.7. The molecule has 0 aliphatic heterocycles. The SMILES string of the molecule is Cc1nccc(CNc2cc(C(F)(F)F)ncc2N)n1. The van der Waals surface area contributed by atoms with E-state index in [2.05, 4.69) is 20.3 Å². The summed E-state index contributed by atoms with van der Waals surface area (Å²) in [5.41, 5.74) is 5.58. The summed E-state index contributed by atoms with van der Waals surface area (Å²) in [4.78, 5) is 11.3. The Kier molecular flexibility index (Phi) is 3.73. The first-order valence-electron chi connectivity index (χ1n) is 5.71. The molecular formula is C12H12F3N5. The summed E-state index contributed by atoms with van der Waals surface area (Å²) in [6.45, 7) is 1.97. The van der Waals surface area contributed by atoms with Gasteiger partial charge in [-0.05, 0) is 19.1 Å². The molecule has 2 heterocycles. The van der Waals surface area contributed by atoms with Gasteiger partial charge in [-0.1, -0.05) is 0 Å². The van der Waals surface area contributed by atoms with Crippen LogP contribution in [-0.2, 0) is 12.7 Å². The van der Waals surface area contributed by atoms with Gasteiger partial charge >= 0.3 is 6.18 Å². The van der Waals surface area contributed by atoms with Crippen LogP contribution >= 0.6 is 0 Å². The number of pyridine rings is 1.